The molecule has 0 aromatic carbocycles. The molecule has 0 aliphatic heterocycles. The molecular formula is C12H22. The molecule has 0 heterocycles. The van der Waals surface area contributed by atoms with E-state index in [0.29, 0.717) is 0 Å². The smallest absolute Gasteiger partial charge is 0.0382 e. The molecule has 0 amide bonds. The fraction of sp³-hybridized carbons (Fsp3) is 0.333. The Balaban J connectivity index is -0.000000105. The van der Waals surface area contributed by atoms with Gasteiger partial charge in [0, 0.05) is 0 Å². The Morgan fingerprint density at radius 2 is 1.42 bits per heavy atom. The van der Waals surface area contributed by atoms with Crippen molar-refractivity contribution in [3.8, 4) is 0 Å². The van der Waals surface area contributed by atoms with Crippen LogP contribution in [-0.4, -0.2) is 0 Å². The first kappa shape index (κ1) is 17.2. The van der Waals surface area contributed by atoms with E-state index in [4.69, 9.17) is 0 Å². The summed E-state index contributed by atoms with van der Waals surface area (Å²) in [6.07, 6.45) is 6.43. The Labute approximate surface area is 78.0 Å². The largest absolute Gasteiger partial charge is 0.103 e. The molecule has 0 atom stereocenters. The van der Waals surface area contributed by atoms with Gasteiger partial charge in [0.2, 0.25) is 0 Å². The van der Waals surface area contributed by atoms with Crippen molar-refractivity contribution in [2.45, 2.75) is 27.2 Å². The van der Waals surface area contributed by atoms with Crippen molar-refractivity contribution in [2.75, 3.05) is 0 Å². The van der Waals surface area contributed by atoms with Gasteiger partial charge in [0.25, 0.3) is 0 Å². The zero-order valence-corrected chi connectivity index (χ0v) is 8.77. The number of hydrogen-bond acceptors (Lipinski definition) is 0. The summed E-state index contributed by atoms with van der Waals surface area (Å²) in [5.41, 5.74) is 1.02. The Bertz CT molecular complexity index is 118. The SMILES string of the molecule is C=CC.C=CC(=C)C.C=CCC. The molecule has 0 radical (unpaired) electrons. The maximum Gasteiger partial charge on any atom is -0.0382 e. The van der Waals surface area contributed by atoms with Crippen molar-refractivity contribution in [3.63, 3.8) is 0 Å². The summed E-state index contributed by atoms with van der Waals surface area (Å²) in [7, 11) is 0. The van der Waals surface area contributed by atoms with E-state index in [-0.39, 0.29) is 0 Å². The van der Waals surface area contributed by atoms with Crippen molar-refractivity contribution < 1.29 is 0 Å². The van der Waals surface area contributed by atoms with E-state index in [1.165, 1.54) is 0 Å². The van der Waals surface area contributed by atoms with Crippen LogP contribution in [0, 0.1) is 0 Å². The molecule has 0 aromatic heterocycles. The molecule has 0 N–H and O–H groups in total. The van der Waals surface area contributed by atoms with Gasteiger partial charge in [0.05, 0.1) is 0 Å². The lowest BCUT2D eigenvalue weighted by atomic mass is 10.4. The van der Waals surface area contributed by atoms with Gasteiger partial charge in [-0.2, -0.15) is 0 Å². The molecule has 0 heteroatoms. The molecule has 0 rings (SSSR count). The van der Waals surface area contributed by atoms with Crippen LogP contribution in [0.5, 0.6) is 0 Å². The molecule has 0 saturated carbocycles. The lowest BCUT2D eigenvalue weighted by molar-refractivity contribution is 1.23. The molecule has 0 aromatic rings. The molecule has 0 spiro atoms. The van der Waals surface area contributed by atoms with Gasteiger partial charge in [-0.3, -0.25) is 0 Å². The molecule has 0 nitrogen and oxygen atoms in total. The van der Waals surface area contributed by atoms with Gasteiger partial charge in [-0.15, -0.1) is 13.2 Å². The zero-order valence-electron chi connectivity index (χ0n) is 8.77. The highest BCUT2D eigenvalue weighted by Crippen LogP contribution is 1.81. The lowest BCUT2D eigenvalue weighted by Crippen LogP contribution is -1.50. The third kappa shape index (κ3) is 148. The Hall–Kier alpha value is -1.04. The molecule has 0 fully saturated rings. The van der Waals surface area contributed by atoms with Crippen LogP contribution in [0.1, 0.15) is 27.2 Å². The molecule has 0 saturated heterocycles. The molecule has 0 unspecified atom stereocenters. The van der Waals surface area contributed by atoms with Crippen LogP contribution in [0.3, 0.4) is 0 Å². The van der Waals surface area contributed by atoms with Crippen LogP contribution in [-0.2, 0) is 0 Å². The molecule has 70 valence electrons. The second-order valence-corrected chi connectivity index (χ2v) is 2.16. The fourth-order valence-corrected chi connectivity index (χ4v) is 0. The Kier molecular flexibility index (Phi) is 32.2. The summed E-state index contributed by atoms with van der Waals surface area (Å²) in [5.74, 6) is 0. The van der Waals surface area contributed by atoms with Crippen LogP contribution >= 0.6 is 0 Å². The highest BCUT2D eigenvalue weighted by atomic mass is 13.7. The van der Waals surface area contributed by atoms with Crippen LogP contribution < -0.4 is 0 Å². The minimum atomic E-state index is 1.02. The van der Waals surface area contributed by atoms with Crippen LogP contribution in [0.2, 0.25) is 0 Å². The highest BCUT2D eigenvalue weighted by Gasteiger charge is 1.59. The van der Waals surface area contributed by atoms with E-state index in [1.807, 2.05) is 19.9 Å². The van der Waals surface area contributed by atoms with E-state index in [2.05, 4.69) is 33.2 Å². The van der Waals surface area contributed by atoms with Crippen molar-refractivity contribution in [2.24, 2.45) is 0 Å². The Morgan fingerprint density at radius 1 is 1.25 bits per heavy atom. The van der Waals surface area contributed by atoms with E-state index in [9.17, 15) is 0 Å². The van der Waals surface area contributed by atoms with Gasteiger partial charge >= 0.3 is 0 Å². The summed E-state index contributed by atoms with van der Waals surface area (Å²) in [6.45, 7) is 19.7. The summed E-state index contributed by atoms with van der Waals surface area (Å²) >= 11 is 0. The van der Waals surface area contributed by atoms with Gasteiger partial charge in [0.15, 0.2) is 0 Å². The first-order valence-corrected chi connectivity index (χ1v) is 4.06. The average Bonchev–Trinajstić information content (AvgIpc) is 2.06. The minimum absolute atomic E-state index is 1.02. The van der Waals surface area contributed by atoms with Gasteiger partial charge in [-0.25, -0.2) is 0 Å². The second-order valence-electron chi connectivity index (χ2n) is 2.16. The normalized spacial score (nSPS) is 5.92. The summed E-state index contributed by atoms with van der Waals surface area (Å²) in [6, 6.07) is 0. The van der Waals surface area contributed by atoms with Crippen LogP contribution in [0.4, 0.5) is 0 Å². The van der Waals surface area contributed by atoms with E-state index >= 15 is 0 Å². The predicted octanol–water partition coefficient (Wildman–Crippen LogP) is 4.52. The van der Waals surface area contributed by atoms with Crippen molar-refractivity contribution in [3.05, 3.63) is 50.1 Å². The molecule has 0 aliphatic carbocycles. The molecular weight excluding hydrogens is 144 g/mol. The predicted molar refractivity (Wildman–Crippen MR) is 61.4 cm³/mol. The van der Waals surface area contributed by atoms with E-state index in [0.717, 1.165) is 12.0 Å². The summed E-state index contributed by atoms with van der Waals surface area (Å²) < 4.78 is 0. The second kappa shape index (κ2) is 22.5. The third-order valence-electron chi connectivity index (χ3n) is 0.637. The third-order valence-corrected chi connectivity index (χ3v) is 0.637. The maximum atomic E-state index is 3.56. The fourth-order valence-electron chi connectivity index (χ4n) is 0. The minimum Gasteiger partial charge on any atom is -0.103 e. The topological polar surface area (TPSA) is 0 Å². The van der Waals surface area contributed by atoms with Gasteiger partial charge in [0.1, 0.15) is 0 Å². The van der Waals surface area contributed by atoms with E-state index < -0.39 is 0 Å². The highest BCUT2D eigenvalue weighted by molar-refractivity contribution is 5.05. The summed E-state index contributed by atoms with van der Waals surface area (Å²) in [5, 5.41) is 0. The molecule has 0 bridgehead atoms. The average molecular weight is 166 g/mol. The van der Waals surface area contributed by atoms with Crippen molar-refractivity contribution in [1.82, 2.24) is 0 Å². The van der Waals surface area contributed by atoms with Crippen LogP contribution in [0.15, 0.2) is 50.1 Å². The number of allylic oxidation sites excluding steroid dienone is 4. The summed E-state index contributed by atoms with van der Waals surface area (Å²) in [4.78, 5) is 0. The van der Waals surface area contributed by atoms with Crippen molar-refractivity contribution >= 4 is 0 Å². The number of rotatable bonds is 2. The van der Waals surface area contributed by atoms with Gasteiger partial charge in [-0.05, 0) is 20.3 Å². The number of hydrogen-bond donors (Lipinski definition) is 0. The Morgan fingerprint density at radius 3 is 1.42 bits per heavy atom. The van der Waals surface area contributed by atoms with E-state index in [1.54, 1.807) is 12.2 Å². The molecule has 0 aliphatic rings. The first-order valence-electron chi connectivity index (χ1n) is 4.06. The van der Waals surface area contributed by atoms with Crippen molar-refractivity contribution in [1.29, 1.82) is 0 Å². The first-order chi connectivity index (χ1) is 5.60. The zero-order chi connectivity index (χ0) is 10.4. The van der Waals surface area contributed by atoms with Gasteiger partial charge < -0.3 is 0 Å². The molecule has 12 heavy (non-hydrogen) atoms. The lowest BCUT2D eigenvalue weighted by Gasteiger charge is -1.71. The maximum absolute atomic E-state index is 3.56. The van der Waals surface area contributed by atoms with Crippen LogP contribution in [0.25, 0.3) is 0 Å². The van der Waals surface area contributed by atoms with Gasteiger partial charge in [-0.1, -0.05) is 43.9 Å². The quantitative estimate of drug-likeness (QED) is 0.418. The monoisotopic (exact) mass is 166 g/mol. The standard InChI is InChI=1S/C5H8.C4H8.C3H6/c1-4-5(2)3;1-3-4-2;1-3-2/h4H,1-2H2,3H3;3H,1,4H2,2H3;3H,1H2,2H3.